The quantitative estimate of drug-likeness (QED) is 0.848. The molecule has 1 aliphatic heterocycles. The molecule has 0 atom stereocenters. The summed E-state index contributed by atoms with van der Waals surface area (Å²) in [5, 5.41) is 11.8. The number of rotatable bonds is 4. The summed E-state index contributed by atoms with van der Waals surface area (Å²) in [4.78, 5) is 0. The van der Waals surface area contributed by atoms with Crippen LogP contribution in [0.2, 0.25) is 0 Å². The minimum absolute atomic E-state index is 0.567. The van der Waals surface area contributed by atoms with Gasteiger partial charge in [-0.2, -0.15) is 0 Å². The van der Waals surface area contributed by atoms with E-state index in [4.69, 9.17) is 0 Å². The molecule has 2 rings (SSSR count). The fraction of sp³-hybridized carbons (Fsp3) is 0.833. The lowest BCUT2D eigenvalue weighted by molar-refractivity contribution is 0.351. The number of piperidine rings is 1. The fourth-order valence-electron chi connectivity index (χ4n) is 2.56. The first-order chi connectivity index (χ1) is 7.86. The Morgan fingerprint density at radius 3 is 2.69 bits per heavy atom. The molecule has 0 saturated carbocycles. The molecule has 0 spiro atoms. The molecule has 1 saturated heterocycles. The Kier molecular flexibility index (Phi) is 3.93. The van der Waals surface area contributed by atoms with Crippen LogP contribution in [-0.2, 0) is 0 Å². The molecule has 2 heterocycles. The molecule has 1 aliphatic rings. The molecule has 0 amide bonds. The van der Waals surface area contributed by atoms with Crippen molar-refractivity contribution in [2.24, 2.45) is 0 Å². The normalized spacial score (nSPS) is 18.2. The SMILES string of the molecule is CCC(CC)c1nncn1C1CCNCC1. The zero-order valence-corrected chi connectivity index (χ0v) is 10.3. The van der Waals surface area contributed by atoms with Crippen LogP contribution in [0.25, 0.3) is 0 Å². The van der Waals surface area contributed by atoms with E-state index >= 15 is 0 Å². The summed E-state index contributed by atoms with van der Waals surface area (Å²) in [6.45, 7) is 6.70. The Morgan fingerprint density at radius 2 is 2.06 bits per heavy atom. The van der Waals surface area contributed by atoms with E-state index < -0.39 is 0 Å². The van der Waals surface area contributed by atoms with Crippen molar-refractivity contribution in [2.45, 2.75) is 51.5 Å². The van der Waals surface area contributed by atoms with E-state index in [0.29, 0.717) is 12.0 Å². The van der Waals surface area contributed by atoms with Crippen LogP contribution in [0.15, 0.2) is 6.33 Å². The van der Waals surface area contributed by atoms with Crippen LogP contribution in [0.5, 0.6) is 0 Å². The lowest BCUT2D eigenvalue weighted by Gasteiger charge is -2.26. The van der Waals surface area contributed by atoms with Gasteiger partial charge in [0.2, 0.25) is 0 Å². The molecule has 4 nitrogen and oxygen atoms in total. The summed E-state index contributed by atoms with van der Waals surface area (Å²) in [5.41, 5.74) is 0. The Hall–Kier alpha value is -0.900. The van der Waals surface area contributed by atoms with Gasteiger partial charge in [-0.05, 0) is 38.8 Å². The van der Waals surface area contributed by atoms with Gasteiger partial charge < -0.3 is 9.88 Å². The van der Waals surface area contributed by atoms with Crippen LogP contribution < -0.4 is 5.32 Å². The van der Waals surface area contributed by atoms with Crippen molar-refractivity contribution >= 4 is 0 Å². The molecule has 1 N–H and O–H groups in total. The Labute approximate surface area is 97.5 Å². The van der Waals surface area contributed by atoms with Gasteiger partial charge in [-0.15, -0.1) is 10.2 Å². The second-order valence-electron chi connectivity index (χ2n) is 4.59. The maximum Gasteiger partial charge on any atom is 0.136 e. The Bertz CT molecular complexity index is 311. The van der Waals surface area contributed by atoms with E-state index in [1.807, 2.05) is 6.33 Å². The predicted molar refractivity (Wildman–Crippen MR) is 64.5 cm³/mol. The number of hydrogen-bond donors (Lipinski definition) is 1. The molecule has 0 radical (unpaired) electrons. The molecule has 90 valence electrons. The van der Waals surface area contributed by atoms with Gasteiger partial charge >= 0.3 is 0 Å². The Morgan fingerprint density at radius 1 is 1.38 bits per heavy atom. The average Bonchev–Trinajstić information content (AvgIpc) is 2.81. The lowest BCUT2D eigenvalue weighted by Crippen LogP contribution is -2.30. The highest BCUT2D eigenvalue weighted by Gasteiger charge is 2.21. The van der Waals surface area contributed by atoms with Crippen LogP contribution in [0.1, 0.15) is 57.3 Å². The summed E-state index contributed by atoms with van der Waals surface area (Å²) in [6, 6.07) is 0.604. The maximum atomic E-state index is 4.33. The van der Waals surface area contributed by atoms with Crippen molar-refractivity contribution in [1.82, 2.24) is 20.1 Å². The highest BCUT2D eigenvalue weighted by Crippen LogP contribution is 2.26. The van der Waals surface area contributed by atoms with Crippen LogP contribution in [0.3, 0.4) is 0 Å². The zero-order valence-electron chi connectivity index (χ0n) is 10.3. The average molecular weight is 222 g/mol. The van der Waals surface area contributed by atoms with E-state index in [2.05, 4.69) is 33.9 Å². The van der Waals surface area contributed by atoms with E-state index in [1.54, 1.807) is 0 Å². The number of aromatic nitrogens is 3. The summed E-state index contributed by atoms with van der Waals surface area (Å²) < 4.78 is 2.32. The van der Waals surface area contributed by atoms with Gasteiger partial charge in [0.15, 0.2) is 0 Å². The molecule has 0 aromatic carbocycles. The second-order valence-corrected chi connectivity index (χ2v) is 4.59. The zero-order chi connectivity index (χ0) is 11.4. The van der Waals surface area contributed by atoms with Crippen LogP contribution in [0.4, 0.5) is 0 Å². The summed E-state index contributed by atoms with van der Waals surface area (Å²) >= 11 is 0. The van der Waals surface area contributed by atoms with E-state index in [9.17, 15) is 0 Å². The third-order valence-corrected chi connectivity index (χ3v) is 3.65. The van der Waals surface area contributed by atoms with Crippen molar-refractivity contribution in [1.29, 1.82) is 0 Å². The van der Waals surface area contributed by atoms with Crippen molar-refractivity contribution < 1.29 is 0 Å². The number of hydrogen-bond acceptors (Lipinski definition) is 3. The molecular formula is C12H22N4. The first kappa shape index (κ1) is 11.6. The van der Waals surface area contributed by atoms with Crippen molar-refractivity contribution in [3.63, 3.8) is 0 Å². The number of nitrogens with one attached hydrogen (secondary N) is 1. The highest BCUT2D eigenvalue weighted by atomic mass is 15.3. The minimum atomic E-state index is 0.567. The van der Waals surface area contributed by atoms with Gasteiger partial charge in [-0.25, -0.2) is 0 Å². The molecule has 0 bridgehead atoms. The van der Waals surface area contributed by atoms with E-state index in [1.165, 1.54) is 18.7 Å². The van der Waals surface area contributed by atoms with Gasteiger partial charge in [-0.1, -0.05) is 13.8 Å². The maximum absolute atomic E-state index is 4.33. The summed E-state index contributed by atoms with van der Waals surface area (Å²) in [6.07, 6.45) is 6.63. The molecule has 4 heteroatoms. The van der Waals surface area contributed by atoms with Gasteiger partial charge in [0, 0.05) is 12.0 Å². The summed E-state index contributed by atoms with van der Waals surface area (Å²) in [5.74, 6) is 1.76. The minimum Gasteiger partial charge on any atom is -0.317 e. The van der Waals surface area contributed by atoms with E-state index in [-0.39, 0.29) is 0 Å². The summed E-state index contributed by atoms with van der Waals surface area (Å²) in [7, 11) is 0. The smallest absolute Gasteiger partial charge is 0.136 e. The molecule has 1 aromatic rings. The topological polar surface area (TPSA) is 42.7 Å². The largest absolute Gasteiger partial charge is 0.317 e. The second kappa shape index (κ2) is 5.43. The lowest BCUT2D eigenvalue weighted by atomic mass is 10.0. The first-order valence-electron chi connectivity index (χ1n) is 6.46. The Balaban J connectivity index is 2.16. The van der Waals surface area contributed by atoms with Crippen LogP contribution >= 0.6 is 0 Å². The standard InChI is InChI=1S/C12H22N4/c1-3-10(4-2)12-15-14-9-16(12)11-5-7-13-8-6-11/h9-11,13H,3-8H2,1-2H3. The van der Waals surface area contributed by atoms with Crippen LogP contribution in [0, 0.1) is 0 Å². The predicted octanol–water partition coefficient (Wildman–Crippen LogP) is 2.11. The molecule has 0 unspecified atom stereocenters. The van der Waals surface area contributed by atoms with E-state index in [0.717, 1.165) is 25.9 Å². The monoisotopic (exact) mass is 222 g/mol. The van der Waals surface area contributed by atoms with Gasteiger partial charge in [0.1, 0.15) is 12.2 Å². The van der Waals surface area contributed by atoms with Crippen molar-refractivity contribution in [2.75, 3.05) is 13.1 Å². The van der Waals surface area contributed by atoms with Crippen LogP contribution in [-0.4, -0.2) is 27.9 Å². The van der Waals surface area contributed by atoms with Crippen molar-refractivity contribution in [3.8, 4) is 0 Å². The van der Waals surface area contributed by atoms with Gasteiger partial charge in [0.05, 0.1) is 0 Å². The third kappa shape index (κ3) is 2.26. The molecule has 16 heavy (non-hydrogen) atoms. The third-order valence-electron chi connectivity index (χ3n) is 3.65. The molecule has 1 aromatic heterocycles. The van der Waals surface area contributed by atoms with Gasteiger partial charge in [0.25, 0.3) is 0 Å². The highest BCUT2D eigenvalue weighted by molar-refractivity contribution is 4.98. The van der Waals surface area contributed by atoms with Crippen molar-refractivity contribution in [3.05, 3.63) is 12.2 Å². The molecule has 0 aliphatic carbocycles. The molecule has 1 fully saturated rings. The first-order valence-corrected chi connectivity index (χ1v) is 6.46. The van der Waals surface area contributed by atoms with Gasteiger partial charge in [-0.3, -0.25) is 0 Å². The fourth-order valence-corrected chi connectivity index (χ4v) is 2.56. The molecular weight excluding hydrogens is 200 g/mol. The number of nitrogens with zero attached hydrogens (tertiary/aromatic N) is 3.